The van der Waals surface area contributed by atoms with Gasteiger partial charge >= 0.3 is 5.97 Å². The van der Waals surface area contributed by atoms with E-state index in [0.717, 1.165) is 5.56 Å². The van der Waals surface area contributed by atoms with Gasteiger partial charge in [-0.3, -0.25) is 4.79 Å². The Morgan fingerprint density at radius 3 is 2.48 bits per heavy atom. The third-order valence-electron chi connectivity index (χ3n) is 4.22. The number of esters is 1. The minimum atomic E-state index is -1.05. The fraction of sp³-hybridized carbons (Fsp3) is 0.368. The summed E-state index contributed by atoms with van der Waals surface area (Å²) in [5.74, 6) is 0.198. The Bertz CT molecular complexity index is 710. The molecule has 25 heavy (non-hydrogen) atoms. The molecule has 1 amide bonds. The van der Waals surface area contributed by atoms with E-state index in [0.29, 0.717) is 17.9 Å². The monoisotopic (exact) mass is 345 g/mol. The molecule has 0 aliphatic heterocycles. The summed E-state index contributed by atoms with van der Waals surface area (Å²) in [5.41, 5.74) is -0.174. The van der Waals surface area contributed by atoms with Gasteiger partial charge in [0.15, 0.2) is 11.5 Å². The SMILES string of the molecule is C/C=C/C=C/C(=O)N[C@]1(C(=O)OC)C[C@@H]1c1ccc(OC)c(OC)c1. The van der Waals surface area contributed by atoms with Crippen molar-refractivity contribution in [1.29, 1.82) is 0 Å². The van der Waals surface area contributed by atoms with Gasteiger partial charge in [0.1, 0.15) is 5.54 Å². The molecular formula is C19H23NO5. The van der Waals surface area contributed by atoms with E-state index in [4.69, 9.17) is 14.2 Å². The van der Waals surface area contributed by atoms with E-state index in [2.05, 4.69) is 5.32 Å². The number of nitrogens with one attached hydrogen (secondary N) is 1. The summed E-state index contributed by atoms with van der Waals surface area (Å²) in [4.78, 5) is 24.4. The molecule has 0 aromatic heterocycles. The zero-order chi connectivity index (χ0) is 18.4. The molecule has 1 saturated carbocycles. The van der Waals surface area contributed by atoms with Gasteiger partial charge in [-0.05, 0) is 31.0 Å². The fourth-order valence-corrected chi connectivity index (χ4v) is 2.85. The van der Waals surface area contributed by atoms with Crippen molar-refractivity contribution in [1.82, 2.24) is 5.32 Å². The first-order chi connectivity index (χ1) is 12.0. The Morgan fingerprint density at radius 2 is 1.88 bits per heavy atom. The van der Waals surface area contributed by atoms with Crippen LogP contribution in [0.2, 0.25) is 0 Å². The molecule has 0 spiro atoms. The zero-order valence-electron chi connectivity index (χ0n) is 14.9. The largest absolute Gasteiger partial charge is 0.493 e. The number of hydrogen-bond donors (Lipinski definition) is 1. The van der Waals surface area contributed by atoms with Crippen LogP contribution in [0.5, 0.6) is 11.5 Å². The highest BCUT2D eigenvalue weighted by Gasteiger charge is 2.62. The number of ether oxygens (including phenoxy) is 3. The molecule has 2 atom stereocenters. The van der Waals surface area contributed by atoms with Crippen LogP contribution in [-0.2, 0) is 14.3 Å². The van der Waals surface area contributed by atoms with E-state index in [1.807, 2.05) is 25.1 Å². The van der Waals surface area contributed by atoms with E-state index in [1.165, 1.54) is 13.2 Å². The average Bonchev–Trinajstić information content (AvgIpc) is 3.35. The second-order valence-corrected chi connectivity index (χ2v) is 5.71. The van der Waals surface area contributed by atoms with E-state index >= 15 is 0 Å². The maximum absolute atomic E-state index is 12.3. The topological polar surface area (TPSA) is 73.9 Å². The van der Waals surface area contributed by atoms with Crippen LogP contribution in [0, 0.1) is 0 Å². The summed E-state index contributed by atoms with van der Waals surface area (Å²) in [6.07, 6.45) is 7.02. The first-order valence-corrected chi connectivity index (χ1v) is 7.94. The lowest BCUT2D eigenvalue weighted by Gasteiger charge is -2.17. The Labute approximate surface area is 147 Å². The molecule has 1 aliphatic rings. The van der Waals surface area contributed by atoms with Crippen molar-refractivity contribution in [2.75, 3.05) is 21.3 Å². The third-order valence-corrected chi connectivity index (χ3v) is 4.22. The van der Waals surface area contributed by atoms with Crippen molar-refractivity contribution in [2.45, 2.75) is 24.8 Å². The maximum Gasteiger partial charge on any atom is 0.332 e. The van der Waals surface area contributed by atoms with Crippen LogP contribution in [0.4, 0.5) is 0 Å². The van der Waals surface area contributed by atoms with E-state index in [-0.39, 0.29) is 11.8 Å². The minimum Gasteiger partial charge on any atom is -0.493 e. The summed E-state index contributed by atoms with van der Waals surface area (Å²) in [7, 11) is 4.43. The van der Waals surface area contributed by atoms with Crippen LogP contribution in [0.3, 0.4) is 0 Å². The van der Waals surface area contributed by atoms with Crippen molar-refractivity contribution in [2.24, 2.45) is 0 Å². The number of hydrogen-bond acceptors (Lipinski definition) is 5. The standard InChI is InChI=1S/C19H23NO5/c1-5-6-7-8-17(21)20-19(18(22)25-4)12-14(19)13-9-10-15(23-2)16(11-13)24-3/h5-11,14H,12H2,1-4H3,(H,20,21)/b6-5+,8-7+/t14-,19-/m1/s1. The molecule has 6 heteroatoms. The van der Waals surface area contributed by atoms with Gasteiger partial charge in [-0.2, -0.15) is 0 Å². The van der Waals surface area contributed by atoms with Crippen LogP contribution in [-0.4, -0.2) is 38.7 Å². The van der Waals surface area contributed by atoms with Gasteiger partial charge in [0.25, 0.3) is 0 Å². The molecule has 134 valence electrons. The van der Waals surface area contributed by atoms with Gasteiger partial charge in [0, 0.05) is 12.0 Å². The molecule has 1 aromatic rings. The number of benzene rings is 1. The van der Waals surface area contributed by atoms with Gasteiger partial charge in [0.05, 0.1) is 21.3 Å². The van der Waals surface area contributed by atoms with Crippen LogP contribution < -0.4 is 14.8 Å². The van der Waals surface area contributed by atoms with Crippen molar-refractivity contribution in [3.63, 3.8) is 0 Å². The third kappa shape index (κ3) is 3.84. The Kier molecular flexibility index (Phi) is 5.85. The second-order valence-electron chi connectivity index (χ2n) is 5.71. The average molecular weight is 345 g/mol. The van der Waals surface area contributed by atoms with Gasteiger partial charge in [-0.25, -0.2) is 4.79 Å². The first kappa shape index (κ1) is 18.6. The molecule has 0 unspecified atom stereocenters. The van der Waals surface area contributed by atoms with Crippen molar-refractivity contribution in [3.8, 4) is 11.5 Å². The van der Waals surface area contributed by atoms with Gasteiger partial charge < -0.3 is 19.5 Å². The molecule has 0 radical (unpaired) electrons. The molecule has 0 heterocycles. The summed E-state index contributed by atoms with van der Waals surface area (Å²) in [6.45, 7) is 1.85. The summed E-state index contributed by atoms with van der Waals surface area (Å²) in [5, 5.41) is 2.79. The quantitative estimate of drug-likeness (QED) is 0.466. The minimum absolute atomic E-state index is 0.182. The zero-order valence-corrected chi connectivity index (χ0v) is 14.9. The van der Waals surface area contributed by atoms with Crippen LogP contribution in [0.1, 0.15) is 24.8 Å². The molecule has 6 nitrogen and oxygen atoms in total. The first-order valence-electron chi connectivity index (χ1n) is 7.94. The lowest BCUT2D eigenvalue weighted by Crippen LogP contribution is -2.44. The molecule has 1 aliphatic carbocycles. The van der Waals surface area contributed by atoms with Crippen molar-refractivity contribution >= 4 is 11.9 Å². The lowest BCUT2D eigenvalue weighted by molar-refractivity contribution is -0.146. The predicted molar refractivity (Wildman–Crippen MR) is 93.7 cm³/mol. The molecule has 1 fully saturated rings. The van der Waals surface area contributed by atoms with Gasteiger partial charge in [-0.1, -0.05) is 24.3 Å². The van der Waals surface area contributed by atoms with Crippen LogP contribution >= 0.6 is 0 Å². The summed E-state index contributed by atoms with van der Waals surface area (Å²) >= 11 is 0. The normalized spacial score (nSPS) is 22.0. The van der Waals surface area contributed by atoms with Crippen LogP contribution in [0.15, 0.2) is 42.5 Å². The number of methoxy groups -OCH3 is 3. The van der Waals surface area contributed by atoms with Crippen molar-refractivity contribution < 1.29 is 23.8 Å². The molecule has 1 aromatic carbocycles. The Hall–Kier alpha value is -2.76. The van der Waals surface area contributed by atoms with E-state index in [1.54, 1.807) is 32.4 Å². The highest BCUT2D eigenvalue weighted by molar-refractivity contribution is 5.96. The molecule has 2 rings (SSSR count). The van der Waals surface area contributed by atoms with Gasteiger partial charge in [0.2, 0.25) is 5.91 Å². The predicted octanol–water partition coefficient (Wildman–Crippen LogP) is 2.35. The van der Waals surface area contributed by atoms with E-state index < -0.39 is 11.5 Å². The fourth-order valence-electron chi connectivity index (χ4n) is 2.85. The Balaban J connectivity index is 2.24. The summed E-state index contributed by atoms with van der Waals surface area (Å²) < 4.78 is 15.4. The van der Waals surface area contributed by atoms with E-state index in [9.17, 15) is 9.59 Å². The lowest BCUT2D eigenvalue weighted by atomic mass is 10.0. The number of carbonyl (C=O) groups excluding carboxylic acids is 2. The molecule has 1 N–H and O–H groups in total. The van der Waals surface area contributed by atoms with Crippen molar-refractivity contribution in [3.05, 3.63) is 48.1 Å². The second kappa shape index (κ2) is 7.88. The number of carbonyl (C=O) groups is 2. The Morgan fingerprint density at radius 1 is 1.16 bits per heavy atom. The number of allylic oxidation sites excluding steroid dienone is 3. The van der Waals surface area contributed by atoms with Gasteiger partial charge in [-0.15, -0.1) is 0 Å². The maximum atomic E-state index is 12.3. The smallest absolute Gasteiger partial charge is 0.332 e. The summed E-state index contributed by atoms with van der Waals surface area (Å²) in [6, 6.07) is 5.46. The molecule has 0 saturated heterocycles. The highest BCUT2D eigenvalue weighted by atomic mass is 16.5. The highest BCUT2D eigenvalue weighted by Crippen LogP contribution is 2.53. The molecular weight excluding hydrogens is 322 g/mol. The molecule has 0 bridgehead atoms. The number of amides is 1. The number of rotatable bonds is 7. The van der Waals surface area contributed by atoms with Crippen LogP contribution in [0.25, 0.3) is 0 Å².